The Bertz CT molecular complexity index is 545. The van der Waals surface area contributed by atoms with Gasteiger partial charge < -0.3 is 26.5 Å². The lowest BCUT2D eigenvalue weighted by Crippen LogP contribution is -2.58. The molecular weight excluding hydrogens is 274 g/mol. The molecule has 1 aromatic rings. The molecule has 1 amide bonds. The summed E-state index contributed by atoms with van der Waals surface area (Å²) in [7, 11) is 0. The van der Waals surface area contributed by atoms with Crippen molar-refractivity contribution in [3.05, 3.63) is 23.8 Å². The van der Waals surface area contributed by atoms with E-state index in [0.717, 1.165) is 25.3 Å². The van der Waals surface area contributed by atoms with Crippen LogP contribution >= 0.6 is 0 Å². The number of hydrogen-bond acceptors (Lipinski definition) is 5. The molecular formula is C14H19N3O4. The van der Waals surface area contributed by atoms with E-state index in [-0.39, 0.29) is 22.9 Å². The van der Waals surface area contributed by atoms with E-state index in [0.29, 0.717) is 12.8 Å². The van der Waals surface area contributed by atoms with Gasteiger partial charge >= 0.3 is 0 Å². The van der Waals surface area contributed by atoms with Gasteiger partial charge in [0.15, 0.2) is 5.84 Å². The number of carbonyl (C=O) groups is 1. The molecule has 0 spiro atoms. The number of nitrogens with two attached hydrogens (primary N) is 1. The highest BCUT2D eigenvalue weighted by atomic mass is 16.4. The summed E-state index contributed by atoms with van der Waals surface area (Å²) in [5.74, 6) is -0.932. The molecule has 0 radical (unpaired) electrons. The van der Waals surface area contributed by atoms with Crippen LogP contribution in [0.5, 0.6) is 11.5 Å². The lowest BCUT2D eigenvalue weighted by Gasteiger charge is -2.36. The monoisotopic (exact) mass is 293 g/mol. The van der Waals surface area contributed by atoms with Crippen molar-refractivity contribution < 1.29 is 20.2 Å². The van der Waals surface area contributed by atoms with Gasteiger partial charge in [-0.3, -0.25) is 4.79 Å². The van der Waals surface area contributed by atoms with E-state index < -0.39 is 11.4 Å². The Labute approximate surface area is 122 Å². The number of rotatable bonds is 3. The third kappa shape index (κ3) is 3.18. The number of phenolic OH excluding ortho intramolecular Hbond substituents is 2. The van der Waals surface area contributed by atoms with Gasteiger partial charge in [0.2, 0.25) is 0 Å². The first-order valence-electron chi connectivity index (χ1n) is 6.80. The minimum absolute atomic E-state index is 0.0278. The van der Waals surface area contributed by atoms with E-state index >= 15 is 0 Å². The number of amides is 1. The fourth-order valence-corrected chi connectivity index (χ4v) is 2.71. The first kappa shape index (κ1) is 15.0. The molecule has 0 unspecified atom stereocenters. The van der Waals surface area contributed by atoms with E-state index in [1.807, 2.05) is 0 Å². The van der Waals surface area contributed by atoms with Gasteiger partial charge in [0, 0.05) is 11.6 Å². The second-order valence-electron chi connectivity index (χ2n) is 5.32. The summed E-state index contributed by atoms with van der Waals surface area (Å²) in [6.45, 7) is 0. The second-order valence-corrected chi connectivity index (χ2v) is 5.32. The fourth-order valence-electron chi connectivity index (χ4n) is 2.71. The predicted molar refractivity (Wildman–Crippen MR) is 76.5 cm³/mol. The van der Waals surface area contributed by atoms with Crippen molar-refractivity contribution in [2.75, 3.05) is 0 Å². The molecule has 1 aliphatic rings. The molecule has 1 saturated carbocycles. The third-order valence-corrected chi connectivity index (χ3v) is 3.82. The number of nitrogens with one attached hydrogen (secondary N) is 1. The molecule has 7 heteroatoms. The standard InChI is InChI=1S/C14H19N3O4/c15-13(17-21)14(4-2-1-3-5-14)16-12(20)9-6-10(18)8-11(19)7-9/h6-8,18-19,21H,1-5H2,(H2,15,17)(H,16,20). The van der Waals surface area contributed by atoms with E-state index in [9.17, 15) is 15.0 Å². The lowest BCUT2D eigenvalue weighted by molar-refractivity contribution is 0.0905. The van der Waals surface area contributed by atoms with Gasteiger partial charge in [-0.15, -0.1) is 0 Å². The minimum Gasteiger partial charge on any atom is -0.508 e. The number of aromatic hydroxyl groups is 2. The van der Waals surface area contributed by atoms with Crippen molar-refractivity contribution in [3.63, 3.8) is 0 Å². The zero-order chi connectivity index (χ0) is 15.5. The summed E-state index contributed by atoms with van der Waals surface area (Å²) in [5, 5.41) is 33.7. The van der Waals surface area contributed by atoms with Gasteiger partial charge in [0.1, 0.15) is 17.0 Å². The van der Waals surface area contributed by atoms with Crippen molar-refractivity contribution in [2.24, 2.45) is 10.9 Å². The topological polar surface area (TPSA) is 128 Å². The summed E-state index contributed by atoms with van der Waals surface area (Å²) in [4.78, 5) is 12.3. The molecule has 1 aliphatic carbocycles. The number of oxime groups is 1. The maximum absolute atomic E-state index is 12.3. The molecule has 0 aliphatic heterocycles. The Kier molecular flexibility index (Phi) is 4.21. The van der Waals surface area contributed by atoms with Crippen LogP contribution in [0.3, 0.4) is 0 Å². The van der Waals surface area contributed by atoms with Gasteiger partial charge in [0.05, 0.1) is 0 Å². The molecule has 6 N–H and O–H groups in total. The Balaban J connectivity index is 2.26. The van der Waals surface area contributed by atoms with Crippen LogP contribution in [0.1, 0.15) is 42.5 Å². The summed E-state index contributed by atoms with van der Waals surface area (Å²) in [5.41, 5.74) is 4.99. The van der Waals surface area contributed by atoms with Crippen LogP contribution in [0.25, 0.3) is 0 Å². The smallest absolute Gasteiger partial charge is 0.252 e. The van der Waals surface area contributed by atoms with Gasteiger partial charge in [-0.05, 0) is 25.0 Å². The molecule has 1 aromatic carbocycles. The van der Waals surface area contributed by atoms with Gasteiger partial charge in [-0.1, -0.05) is 24.4 Å². The molecule has 0 bridgehead atoms. The van der Waals surface area contributed by atoms with Crippen LogP contribution in [-0.2, 0) is 0 Å². The molecule has 21 heavy (non-hydrogen) atoms. The van der Waals surface area contributed by atoms with Crippen LogP contribution in [0.15, 0.2) is 23.4 Å². The van der Waals surface area contributed by atoms with E-state index in [1.165, 1.54) is 12.1 Å². The first-order chi connectivity index (χ1) is 9.97. The summed E-state index contributed by atoms with van der Waals surface area (Å²) >= 11 is 0. The van der Waals surface area contributed by atoms with Crippen molar-refractivity contribution >= 4 is 11.7 Å². The lowest BCUT2D eigenvalue weighted by atomic mass is 9.80. The highest BCUT2D eigenvalue weighted by Gasteiger charge is 2.38. The summed E-state index contributed by atoms with van der Waals surface area (Å²) in [6.07, 6.45) is 3.92. The highest BCUT2D eigenvalue weighted by Crippen LogP contribution is 2.29. The van der Waals surface area contributed by atoms with Crippen molar-refractivity contribution in [2.45, 2.75) is 37.6 Å². The second kappa shape index (κ2) is 5.90. The zero-order valence-electron chi connectivity index (χ0n) is 11.5. The van der Waals surface area contributed by atoms with Gasteiger partial charge in [0.25, 0.3) is 5.91 Å². The van der Waals surface area contributed by atoms with Crippen LogP contribution in [0, 0.1) is 0 Å². The third-order valence-electron chi connectivity index (χ3n) is 3.82. The average molecular weight is 293 g/mol. The normalized spacial score (nSPS) is 18.2. The molecule has 0 atom stereocenters. The Morgan fingerprint density at radius 3 is 2.24 bits per heavy atom. The number of benzene rings is 1. The van der Waals surface area contributed by atoms with Crippen molar-refractivity contribution in [3.8, 4) is 11.5 Å². The number of hydrogen-bond donors (Lipinski definition) is 5. The molecule has 0 heterocycles. The SMILES string of the molecule is N/C(=N/O)C1(NC(=O)c2cc(O)cc(O)c2)CCCCC1. The quantitative estimate of drug-likeness (QED) is 0.248. The Morgan fingerprint density at radius 2 is 1.71 bits per heavy atom. The largest absolute Gasteiger partial charge is 0.508 e. The molecule has 1 fully saturated rings. The van der Waals surface area contributed by atoms with Gasteiger partial charge in [-0.2, -0.15) is 0 Å². The number of phenols is 2. The van der Waals surface area contributed by atoms with E-state index in [2.05, 4.69) is 10.5 Å². The predicted octanol–water partition coefficient (Wildman–Crippen LogP) is 1.28. The Hall–Kier alpha value is -2.44. The average Bonchev–Trinajstić information content (AvgIpc) is 2.46. The van der Waals surface area contributed by atoms with E-state index in [1.54, 1.807) is 0 Å². The molecule has 7 nitrogen and oxygen atoms in total. The van der Waals surface area contributed by atoms with E-state index in [4.69, 9.17) is 10.9 Å². The molecule has 0 aromatic heterocycles. The number of amidine groups is 1. The maximum atomic E-state index is 12.3. The Morgan fingerprint density at radius 1 is 1.14 bits per heavy atom. The minimum atomic E-state index is -0.884. The fraction of sp³-hybridized carbons (Fsp3) is 0.429. The van der Waals surface area contributed by atoms with Gasteiger partial charge in [-0.25, -0.2) is 0 Å². The summed E-state index contributed by atoms with van der Waals surface area (Å²) in [6, 6.07) is 3.63. The summed E-state index contributed by atoms with van der Waals surface area (Å²) < 4.78 is 0. The van der Waals surface area contributed by atoms with Crippen LogP contribution in [0.2, 0.25) is 0 Å². The number of carbonyl (C=O) groups excluding carboxylic acids is 1. The molecule has 2 rings (SSSR count). The van der Waals surface area contributed by atoms with Crippen molar-refractivity contribution in [1.29, 1.82) is 0 Å². The zero-order valence-corrected chi connectivity index (χ0v) is 11.5. The van der Waals surface area contributed by atoms with Crippen molar-refractivity contribution in [1.82, 2.24) is 5.32 Å². The van der Waals surface area contributed by atoms with Crippen LogP contribution in [-0.4, -0.2) is 32.7 Å². The number of nitrogens with zero attached hydrogens (tertiary/aromatic N) is 1. The van der Waals surface area contributed by atoms with Crippen LogP contribution < -0.4 is 11.1 Å². The molecule has 114 valence electrons. The molecule has 0 saturated heterocycles. The maximum Gasteiger partial charge on any atom is 0.252 e. The van der Waals surface area contributed by atoms with Crippen LogP contribution in [0.4, 0.5) is 0 Å². The first-order valence-corrected chi connectivity index (χ1v) is 6.80. The highest BCUT2D eigenvalue weighted by molar-refractivity contribution is 6.00.